The molecule has 2 aromatic rings. The van der Waals surface area contributed by atoms with Crippen LogP contribution < -0.4 is 5.32 Å². The van der Waals surface area contributed by atoms with E-state index in [9.17, 15) is 14.4 Å². The number of hydrogen-bond acceptors (Lipinski definition) is 6. The highest BCUT2D eigenvalue weighted by atomic mass is 33.1. The average Bonchev–Trinajstić information content (AvgIpc) is 3.02. The Bertz CT molecular complexity index is 858. The molecule has 0 unspecified atom stereocenters. The van der Waals surface area contributed by atoms with E-state index in [-0.39, 0.29) is 12.3 Å². The summed E-state index contributed by atoms with van der Waals surface area (Å²) in [6.07, 6.45) is 1.27. The zero-order chi connectivity index (χ0) is 20.7. The van der Waals surface area contributed by atoms with Crippen LogP contribution in [0.4, 0.5) is 4.79 Å². The fraction of sp³-hybridized carbons (Fsp3) is 0.421. The van der Waals surface area contributed by atoms with Gasteiger partial charge in [0, 0.05) is 35.2 Å². The summed E-state index contributed by atoms with van der Waals surface area (Å²) in [5, 5.41) is 12.2. The molecule has 1 amide bonds. The van der Waals surface area contributed by atoms with Crippen molar-refractivity contribution in [1.82, 2.24) is 9.88 Å². The minimum absolute atomic E-state index is 0.126. The van der Waals surface area contributed by atoms with Crippen molar-refractivity contribution in [3.05, 3.63) is 36.0 Å². The lowest BCUT2D eigenvalue weighted by Gasteiger charge is -2.19. The fourth-order valence-corrected chi connectivity index (χ4v) is 4.18. The molecule has 1 aromatic carbocycles. The van der Waals surface area contributed by atoms with E-state index in [0.717, 1.165) is 5.39 Å². The SMILES string of the molecule is CC(C)(C)OC(=O)n1ccc2ccc(C(=O)NCCSSCCC(=O)O)cc21. The maximum atomic E-state index is 12.4. The zero-order valence-electron chi connectivity index (χ0n) is 16.1. The summed E-state index contributed by atoms with van der Waals surface area (Å²) in [5.41, 5.74) is 0.461. The second-order valence-electron chi connectivity index (χ2n) is 6.98. The fourth-order valence-electron chi connectivity index (χ4n) is 2.30. The Kier molecular flexibility index (Phi) is 7.82. The van der Waals surface area contributed by atoms with E-state index in [1.54, 1.807) is 51.2 Å². The molecule has 0 fully saturated rings. The maximum absolute atomic E-state index is 12.4. The van der Waals surface area contributed by atoms with Crippen LogP contribution in [0.2, 0.25) is 0 Å². The summed E-state index contributed by atoms with van der Waals surface area (Å²) in [6.45, 7) is 5.86. The molecule has 0 aliphatic rings. The standard InChI is InChI=1S/C19H24N2O5S2/c1-19(2,3)26-18(25)21-9-6-13-4-5-14(12-15(13)21)17(24)20-8-11-28-27-10-7-16(22)23/h4-6,9,12H,7-8,10-11H2,1-3H3,(H,20,24)(H,22,23). The average molecular weight is 425 g/mol. The number of carboxylic acid groups (broad SMARTS) is 1. The number of ether oxygens (including phenoxy) is 1. The number of fused-ring (bicyclic) bond motifs is 1. The van der Waals surface area contributed by atoms with Crippen LogP contribution in [-0.2, 0) is 9.53 Å². The van der Waals surface area contributed by atoms with Gasteiger partial charge >= 0.3 is 12.1 Å². The normalized spacial score (nSPS) is 11.4. The van der Waals surface area contributed by atoms with Gasteiger partial charge in [-0.15, -0.1) is 0 Å². The molecular formula is C19H24N2O5S2. The van der Waals surface area contributed by atoms with Crippen LogP contribution in [0.1, 0.15) is 37.6 Å². The topological polar surface area (TPSA) is 97.6 Å². The lowest BCUT2D eigenvalue weighted by molar-refractivity contribution is -0.136. The molecule has 2 rings (SSSR count). The summed E-state index contributed by atoms with van der Waals surface area (Å²) < 4.78 is 6.79. The molecule has 0 radical (unpaired) electrons. The highest BCUT2D eigenvalue weighted by Gasteiger charge is 2.19. The number of amides is 1. The van der Waals surface area contributed by atoms with Crippen molar-refractivity contribution in [2.45, 2.75) is 32.8 Å². The van der Waals surface area contributed by atoms with Crippen LogP contribution in [0, 0.1) is 0 Å². The van der Waals surface area contributed by atoms with Gasteiger partial charge in [-0.25, -0.2) is 4.79 Å². The molecule has 9 heteroatoms. The van der Waals surface area contributed by atoms with Gasteiger partial charge in [-0.3, -0.25) is 14.2 Å². The molecule has 2 N–H and O–H groups in total. The van der Waals surface area contributed by atoms with E-state index in [4.69, 9.17) is 9.84 Å². The van der Waals surface area contributed by atoms with E-state index in [1.807, 2.05) is 0 Å². The number of carboxylic acids is 1. The molecular weight excluding hydrogens is 400 g/mol. The van der Waals surface area contributed by atoms with Crippen LogP contribution in [0.3, 0.4) is 0 Å². The van der Waals surface area contributed by atoms with Crippen molar-refractivity contribution in [1.29, 1.82) is 0 Å². The number of carbonyl (C=O) groups excluding carboxylic acids is 2. The van der Waals surface area contributed by atoms with Crippen molar-refractivity contribution >= 4 is 50.5 Å². The van der Waals surface area contributed by atoms with E-state index in [2.05, 4.69) is 5.32 Å². The molecule has 0 aliphatic carbocycles. The van der Waals surface area contributed by atoms with Crippen LogP contribution in [0.5, 0.6) is 0 Å². The highest BCUT2D eigenvalue weighted by Crippen LogP contribution is 2.22. The molecule has 1 heterocycles. The van der Waals surface area contributed by atoms with E-state index in [0.29, 0.717) is 29.1 Å². The van der Waals surface area contributed by atoms with Gasteiger partial charge in [-0.05, 0) is 39.0 Å². The first kappa shape index (κ1) is 22.2. The molecule has 0 saturated heterocycles. The maximum Gasteiger partial charge on any atom is 0.418 e. The molecule has 152 valence electrons. The minimum atomic E-state index is -0.812. The lowest BCUT2D eigenvalue weighted by atomic mass is 10.1. The lowest BCUT2D eigenvalue weighted by Crippen LogP contribution is -2.27. The van der Waals surface area contributed by atoms with Crippen LogP contribution in [0.25, 0.3) is 10.9 Å². The van der Waals surface area contributed by atoms with E-state index >= 15 is 0 Å². The van der Waals surface area contributed by atoms with Crippen molar-refractivity contribution in [3.8, 4) is 0 Å². The summed E-state index contributed by atoms with van der Waals surface area (Å²) in [5.74, 6) is 0.168. The number of nitrogens with one attached hydrogen (secondary N) is 1. The summed E-state index contributed by atoms with van der Waals surface area (Å²) in [7, 11) is 2.99. The number of benzene rings is 1. The van der Waals surface area contributed by atoms with Gasteiger partial charge in [0.1, 0.15) is 5.60 Å². The zero-order valence-corrected chi connectivity index (χ0v) is 17.7. The van der Waals surface area contributed by atoms with Gasteiger partial charge in [-0.2, -0.15) is 0 Å². The van der Waals surface area contributed by atoms with Gasteiger partial charge in [0.05, 0.1) is 11.9 Å². The number of nitrogens with zero attached hydrogens (tertiary/aromatic N) is 1. The van der Waals surface area contributed by atoms with Crippen molar-refractivity contribution in [2.24, 2.45) is 0 Å². The van der Waals surface area contributed by atoms with Crippen molar-refractivity contribution in [3.63, 3.8) is 0 Å². The predicted molar refractivity (Wildman–Crippen MR) is 113 cm³/mol. The van der Waals surface area contributed by atoms with E-state index < -0.39 is 17.7 Å². The molecule has 1 aromatic heterocycles. The van der Waals surface area contributed by atoms with E-state index in [1.165, 1.54) is 26.2 Å². The molecule has 0 saturated carbocycles. The summed E-state index contributed by atoms with van der Waals surface area (Å²) >= 11 is 0. The highest BCUT2D eigenvalue weighted by molar-refractivity contribution is 8.76. The van der Waals surface area contributed by atoms with Gasteiger partial charge in [-0.1, -0.05) is 27.7 Å². The van der Waals surface area contributed by atoms with Gasteiger partial charge < -0.3 is 15.2 Å². The van der Waals surface area contributed by atoms with Crippen LogP contribution >= 0.6 is 21.6 Å². The first-order chi connectivity index (χ1) is 13.2. The Hall–Kier alpha value is -2.13. The monoisotopic (exact) mass is 424 g/mol. The molecule has 0 atom stereocenters. The van der Waals surface area contributed by atoms with Crippen molar-refractivity contribution < 1.29 is 24.2 Å². The predicted octanol–water partition coefficient (Wildman–Crippen LogP) is 4.01. The minimum Gasteiger partial charge on any atom is -0.481 e. The largest absolute Gasteiger partial charge is 0.481 e. The molecule has 0 spiro atoms. The van der Waals surface area contributed by atoms with Gasteiger partial charge in [0.2, 0.25) is 0 Å². The Morgan fingerprint density at radius 2 is 1.86 bits per heavy atom. The molecule has 0 bridgehead atoms. The second-order valence-corrected chi connectivity index (χ2v) is 9.69. The quantitative estimate of drug-likeness (QED) is 0.488. The van der Waals surface area contributed by atoms with Crippen LogP contribution in [0.15, 0.2) is 30.5 Å². The molecule has 0 aliphatic heterocycles. The van der Waals surface area contributed by atoms with Gasteiger partial charge in [0.25, 0.3) is 5.91 Å². The molecule has 7 nitrogen and oxygen atoms in total. The Balaban J connectivity index is 1.93. The number of hydrogen-bond donors (Lipinski definition) is 2. The summed E-state index contributed by atoms with van der Waals surface area (Å²) in [4.78, 5) is 35.2. The second kappa shape index (κ2) is 9.88. The van der Waals surface area contributed by atoms with Crippen molar-refractivity contribution in [2.75, 3.05) is 18.1 Å². The summed E-state index contributed by atoms with van der Waals surface area (Å²) in [6, 6.07) is 6.97. The first-order valence-electron chi connectivity index (χ1n) is 8.76. The number of aromatic nitrogens is 1. The Labute approximate surface area is 171 Å². The Morgan fingerprint density at radius 3 is 2.54 bits per heavy atom. The third-order valence-corrected chi connectivity index (χ3v) is 5.91. The third kappa shape index (κ3) is 6.79. The number of aliphatic carboxylic acids is 1. The smallest absolute Gasteiger partial charge is 0.418 e. The van der Waals surface area contributed by atoms with Gasteiger partial charge in [0.15, 0.2) is 0 Å². The van der Waals surface area contributed by atoms with Crippen LogP contribution in [-0.4, -0.2) is 51.3 Å². The Morgan fingerprint density at radius 1 is 1.14 bits per heavy atom. The number of rotatable bonds is 8. The number of carbonyl (C=O) groups is 3. The third-order valence-electron chi connectivity index (χ3n) is 3.50. The first-order valence-corrected chi connectivity index (χ1v) is 11.2. The molecule has 28 heavy (non-hydrogen) atoms.